The predicted molar refractivity (Wildman–Crippen MR) is 51.0 cm³/mol. The van der Waals surface area contributed by atoms with E-state index in [1.165, 1.54) is 18.2 Å². The maximum absolute atomic E-state index is 12.8. The molecule has 0 aliphatic rings. The zero-order valence-corrected chi connectivity index (χ0v) is 7.81. The molecule has 0 spiro atoms. The number of aldehydes is 1. The van der Waals surface area contributed by atoms with Gasteiger partial charge in [-0.2, -0.15) is 0 Å². The van der Waals surface area contributed by atoms with Gasteiger partial charge >= 0.3 is 6.09 Å². The molecule has 0 heterocycles. The highest BCUT2D eigenvalue weighted by atomic mass is 19.1. The summed E-state index contributed by atoms with van der Waals surface area (Å²) in [6, 6.07) is 4.78. The summed E-state index contributed by atoms with van der Waals surface area (Å²) >= 11 is 0. The van der Waals surface area contributed by atoms with Crippen LogP contribution in [0.15, 0.2) is 24.3 Å². The van der Waals surface area contributed by atoms with E-state index in [1.807, 2.05) is 0 Å². The van der Waals surface area contributed by atoms with Gasteiger partial charge in [-0.3, -0.25) is 0 Å². The predicted octanol–water partition coefficient (Wildman–Crippen LogP) is 1.72. The van der Waals surface area contributed by atoms with Crippen molar-refractivity contribution in [2.75, 3.05) is 0 Å². The van der Waals surface area contributed by atoms with Gasteiger partial charge in [-0.05, 0) is 17.7 Å². The summed E-state index contributed by atoms with van der Waals surface area (Å²) in [5.41, 5.74) is 0.435. The van der Waals surface area contributed by atoms with Crippen LogP contribution in [0.1, 0.15) is 18.0 Å². The van der Waals surface area contributed by atoms with Crippen LogP contribution < -0.4 is 5.32 Å². The number of rotatable bonds is 4. The molecule has 80 valence electrons. The highest BCUT2D eigenvalue weighted by Crippen LogP contribution is 2.16. The second kappa shape index (κ2) is 5.09. The van der Waals surface area contributed by atoms with Crippen molar-refractivity contribution < 1.29 is 19.1 Å². The van der Waals surface area contributed by atoms with Gasteiger partial charge in [0.15, 0.2) is 0 Å². The lowest BCUT2D eigenvalue weighted by molar-refractivity contribution is -0.108. The van der Waals surface area contributed by atoms with Crippen LogP contribution in [0.4, 0.5) is 9.18 Å². The summed E-state index contributed by atoms with van der Waals surface area (Å²) in [5, 5.41) is 10.7. The van der Waals surface area contributed by atoms with E-state index in [9.17, 15) is 14.0 Å². The summed E-state index contributed by atoms with van der Waals surface area (Å²) in [5.74, 6) is -0.462. The Kier molecular flexibility index (Phi) is 3.79. The van der Waals surface area contributed by atoms with Crippen LogP contribution in [-0.4, -0.2) is 17.5 Å². The number of hydrogen-bond donors (Lipinski definition) is 2. The molecule has 4 nitrogen and oxygen atoms in total. The summed E-state index contributed by atoms with van der Waals surface area (Å²) in [4.78, 5) is 20.8. The molecule has 1 aromatic carbocycles. The molecule has 1 amide bonds. The first-order valence-electron chi connectivity index (χ1n) is 4.32. The molecule has 1 unspecified atom stereocenters. The summed E-state index contributed by atoms with van der Waals surface area (Å²) < 4.78 is 12.8. The SMILES string of the molecule is O=CCC(NC(=O)O)c1cccc(F)c1. The molecule has 5 heteroatoms. The largest absolute Gasteiger partial charge is 0.465 e. The van der Waals surface area contributed by atoms with Crippen molar-refractivity contribution in [3.8, 4) is 0 Å². The lowest BCUT2D eigenvalue weighted by Crippen LogP contribution is -2.27. The van der Waals surface area contributed by atoms with Gasteiger partial charge in [0.2, 0.25) is 0 Å². The fraction of sp³-hybridized carbons (Fsp3) is 0.200. The summed E-state index contributed by atoms with van der Waals surface area (Å²) in [6.07, 6.45) is -0.674. The van der Waals surface area contributed by atoms with E-state index in [4.69, 9.17) is 5.11 Å². The van der Waals surface area contributed by atoms with Gasteiger partial charge in [-0.15, -0.1) is 0 Å². The minimum absolute atomic E-state index is 0.0181. The van der Waals surface area contributed by atoms with Gasteiger partial charge < -0.3 is 15.2 Å². The van der Waals surface area contributed by atoms with Crippen LogP contribution in [0.2, 0.25) is 0 Å². The number of amides is 1. The lowest BCUT2D eigenvalue weighted by atomic mass is 10.0. The maximum atomic E-state index is 12.8. The maximum Gasteiger partial charge on any atom is 0.405 e. The molecule has 15 heavy (non-hydrogen) atoms. The highest BCUT2D eigenvalue weighted by Gasteiger charge is 2.13. The fourth-order valence-electron chi connectivity index (χ4n) is 1.25. The summed E-state index contributed by atoms with van der Waals surface area (Å²) in [6.45, 7) is 0. The Morgan fingerprint density at radius 1 is 1.60 bits per heavy atom. The molecule has 2 N–H and O–H groups in total. The van der Waals surface area contributed by atoms with E-state index < -0.39 is 18.0 Å². The van der Waals surface area contributed by atoms with Crippen molar-refractivity contribution in [1.82, 2.24) is 5.32 Å². The van der Waals surface area contributed by atoms with E-state index in [2.05, 4.69) is 5.32 Å². The van der Waals surface area contributed by atoms with Crippen molar-refractivity contribution in [3.63, 3.8) is 0 Å². The van der Waals surface area contributed by atoms with Crippen LogP contribution in [-0.2, 0) is 4.79 Å². The standard InChI is InChI=1S/C10H10FNO3/c11-8-3-1-2-7(6-8)9(4-5-13)12-10(14)15/h1-3,5-6,9,12H,4H2,(H,14,15). The van der Waals surface area contributed by atoms with Crippen molar-refractivity contribution in [3.05, 3.63) is 35.6 Å². The molecule has 1 atom stereocenters. The van der Waals surface area contributed by atoms with Crippen molar-refractivity contribution >= 4 is 12.4 Å². The van der Waals surface area contributed by atoms with Gasteiger partial charge in [0.05, 0.1) is 6.04 Å². The number of carboxylic acid groups (broad SMARTS) is 1. The smallest absolute Gasteiger partial charge is 0.405 e. The van der Waals surface area contributed by atoms with Crippen LogP contribution in [0.25, 0.3) is 0 Å². The van der Waals surface area contributed by atoms with Crippen molar-refractivity contribution in [2.24, 2.45) is 0 Å². The Morgan fingerprint density at radius 3 is 2.87 bits per heavy atom. The van der Waals surface area contributed by atoms with Gasteiger partial charge in [0.1, 0.15) is 12.1 Å². The molecule has 1 aromatic rings. The number of halogens is 1. The minimum atomic E-state index is -1.24. The van der Waals surface area contributed by atoms with E-state index in [0.29, 0.717) is 11.8 Å². The molecular weight excluding hydrogens is 201 g/mol. The molecule has 0 aliphatic carbocycles. The topological polar surface area (TPSA) is 66.4 Å². The third-order valence-electron chi connectivity index (χ3n) is 1.88. The zero-order chi connectivity index (χ0) is 11.3. The molecule has 0 saturated carbocycles. The van der Waals surface area contributed by atoms with Crippen molar-refractivity contribution in [1.29, 1.82) is 0 Å². The average molecular weight is 211 g/mol. The number of carbonyl (C=O) groups is 2. The Bertz CT molecular complexity index is 367. The monoisotopic (exact) mass is 211 g/mol. The van der Waals surface area contributed by atoms with Crippen LogP contribution in [0, 0.1) is 5.82 Å². The quantitative estimate of drug-likeness (QED) is 0.745. The minimum Gasteiger partial charge on any atom is -0.465 e. The summed E-state index contributed by atoms with van der Waals surface area (Å²) in [7, 11) is 0. The van der Waals surface area contributed by atoms with Gasteiger partial charge in [-0.25, -0.2) is 9.18 Å². The van der Waals surface area contributed by atoms with Crippen LogP contribution >= 0.6 is 0 Å². The lowest BCUT2D eigenvalue weighted by Gasteiger charge is -2.14. The molecule has 0 fully saturated rings. The van der Waals surface area contributed by atoms with Crippen LogP contribution in [0.5, 0.6) is 0 Å². The second-order valence-electron chi connectivity index (χ2n) is 2.96. The molecule has 1 rings (SSSR count). The van der Waals surface area contributed by atoms with E-state index in [-0.39, 0.29) is 6.42 Å². The number of hydrogen-bond acceptors (Lipinski definition) is 2. The average Bonchev–Trinajstić information content (AvgIpc) is 2.16. The first kappa shape index (κ1) is 11.2. The molecule has 0 saturated heterocycles. The Labute approximate surface area is 85.7 Å². The van der Waals surface area contributed by atoms with Gasteiger partial charge in [0, 0.05) is 6.42 Å². The zero-order valence-electron chi connectivity index (χ0n) is 7.81. The molecule has 0 aromatic heterocycles. The third kappa shape index (κ3) is 3.38. The van der Waals surface area contributed by atoms with E-state index in [0.717, 1.165) is 0 Å². The highest BCUT2D eigenvalue weighted by molar-refractivity contribution is 5.66. The van der Waals surface area contributed by atoms with Gasteiger partial charge in [-0.1, -0.05) is 12.1 Å². The third-order valence-corrected chi connectivity index (χ3v) is 1.88. The number of nitrogens with one attached hydrogen (secondary N) is 1. The fourth-order valence-corrected chi connectivity index (χ4v) is 1.25. The molecule has 0 aliphatic heterocycles. The number of benzene rings is 1. The Hall–Kier alpha value is -1.91. The second-order valence-corrected chi connectivity index (χ2v) is 2.96. The van der Waals surface area contributed by atoms with Crippen LogP contribution in [0.3, 0.4) is 0 Å². The van der Waals surface area contributed by atoms with E-state index in [1.54, 1.807) is 6.07 Å². The van der Waals surface area contributed by atoms with Crippen molar-refractivity contribution in [2.45, 2.75) is 12.5 Å². The normalized spacial score (nSPS) is 11.8. The van der Waals surface area contributed by atoms with Gasteiger partial charge in [0.25, 0.3) is 0 Å². The Morgan fingerprint density at radius 2 is 2.33 bits per heavy atom. The number of carbonyl (C=O) groups excluding carboxylic acids is 1. The first-order valence-corrected chi connectivity index (χ1v) is 4.32. The molecular formula is C10H10FNO3. The Balaban J connectivity index is 2.87. The first-order chi connectivity index (χ1) is 7.13. The molecule has 0 radical (unpaired) electrons. The molecule has 0 bridgehead atoms. The van der Waals surface area contributed by atoms with E-state index >= 15 is 0 Å².